The Kier molecular flexibility index (Phi) is 9.27. The molecule has 0 unspecified atom stereocenters. The summed E-state index contributed by atoms with van der Waals surface area (Å²) in [4.78, 5) is 37.0. The highest BCUT2D eigenvalue weighted by Gasteiger charge is 2.41. The zero-order chi connectivity index (χ0) is 25.3. The number of carbonyl (C=O) groups excluding carboxylic acids is 1. The van der Waals surface area contributed by atoms with E-state index in [0.717, 1.165) is 41.6 Å². The molecule has 0 atom stereocenters. The van der Waals surface area contributed by atoms with E-state index in [2.05, 4.69) is 44.9 Å². The number of amides is 1. The molecular weight excluding hydrogens is 466 g/mol. The number of carboxylic acid groups (broad SMARTS) is 1. The zero-order valence-electron chi connectivity index (χ0n) is 20.2. The molecule has 1 fully saturated rings. The molecule has 1 aromatic carbocycles. The number of aromatic nitrogens is 3. The van der Waals surface area contributed by atoms with Crippen LogP contribution in [-0.4, -0.2) is 70.7 Å². The van der Waals surface area contributed by atoms with E-state index in [-0.39, 0.29) is 17.8 Å². The Labute approximate surface area is 209 Å². The number of nitrogens with one attached hydrogen (secondary N) is 1. The Hall–Kier alpha value is -3.37. The van der Waals surface area contributed by atoms with Gasteiger partial charge in [0.15, 0.2) is 5.13 Å². The lowest BCUT2D eigenvalue weighted by molar-refractivity contribution is -0.122. The van der Waals surface area contributed by atoms with Gasteiger partial charge in [0.2, 0.25) is 0 Å². The molecule has 1 saturated heterocycles. The smallest absolute Gasteiger partial charge is 0.290 e. The second-order valence-electron chi connectivity index (χ2n) is 8.22. The van der Waals surface area contributed by atoms with E-state index < -0.39 is 0 Å². The van der Waals surface area contributed by atoms with Gasteiger partial charge in [0.05, 0.1) is 29.3 Å². The Morgan fingerprint density at radius 3 is 2.43 bits per heavy atom. The van der Waals surface area contributed by atoms with Crippen LogP contribution in [0.1, 0.15) is 45.8 Å². The summed E-state index contributed by atoms with van der Waals surface area (Å²) in [5, 5.41) is 13.3. The summed E-state index contributed by atoms with van der Waals surface area (Å²) in [5.74, 6) is 0.0162. The lowest BCUT2D eigenvalue weighted by Crippen LogP contribution is -2.46. The van der Waals surface area contributed by atoms with E-state index in [1.54, 1.807) is 18.4 Å². The van der Waals surface area contributed by atoms with E-state index in [0.29, 0.717) is 25.3 Å². The van der Waals surface area contributed by atoms with E-state index in [9.17, 15) is 4.79 Å². The molecule has 3 heterocycles. The van der Waals surface area contributed by atoms with Gasteiger partial charge in [-0.1, -0.05) is 30.3 Å². The quantitative estimate of drug-likeness (QED) is 0.376. The predicted molar refractivity (Wildman–Crippen MR) is 135 cm³/mol. The van der Waals surface area contributed by atoms with Gasteiger partial charge < -0.3 is 20.1 Å². The number of rotatable bonds is 7. The van der Waals surface area contributed by atoms with Crippen LogP contribution in [0.4, 0.5) is 5.13 Å². The fourth-order valence-electron chi connectivity index (χ4n) is 4.44. The zero-order valence-corrected chi connectivity index (χ0v) is 21.0. The number of methoxy groups -OCH3 is 1. The van der Waals surface area contributed by atoms with Gasteiger partial charge in [-0.25, -0.2) is 15.0 Å². The number of likely N-dealkylation sites (tertiary alicyclic amines) is 1. The summed E-state index contributed by atoms with van der Waals surface area (Å²) >= 11 is 1.62. The first kappa shape index (κ1) is 26.2. The molecule has 0 radical (unpaired) electrons. The van der Waals surface area contributed by atoms with Gasteiger partial charge in [-0.15, -0.1) is 11.3 Å². The van der Waals surface area contributed by atoms with Gasteiger partial charge in [-0.2, -0.15) is 0 Å². The van der Waals surface area contributed by atoms with Crippen LogP contribution in [0.3, 0.4) is 0 Å². The van der Waals surface area contributed by atoms with Crippen molar-refractivity contribution in [3.05, 3.63) is 70.2 Å². The largest absolute Gasteiger partial charge is 0.483 e. The molecule has 9 nitrogen and oxygen atoms in total. The minimum absolute atomic E-state index is 0.0162. The van der Waals surface area contributed by atoms with Crippen molar-refractivity contribution >= 4 is 28.8 Å². The fraction of sp³-hybridized carbons (Fsp3) is 0.400. The van der Waals surface area contributed by atoms with E-state index in [1.807, 2.05) is 24.8 Å². The number of nitrogens with zero attached hydrogens (tertiary/aromatic N) is 4. The van der Waals surface area contributed by atoms with Crippen molar-refractivity contribution < 1.29 is 19.4 Å². The molecule has 3 aromatic rings. The van der Waals surface area contributed by atoms with E-state index >= 15 is 0 Å². The Morgan fingerprint density at radius 1 is 1.20 bits per heavy atom. The average molecular weight is 498 g/mol. The highest BCUT2D eigenvalue weighted by Crippen LogP contribution is 2.43. The molecule has 1 aliphatic heterocycles. The molecule has 186 valence electrons. The van der Waals surface area contributed by atoms with Gasteiger partial charge in [0, 0.05) is 37.5 Å². The summed E-state index contributed by atoms with van der Waals surface area (Å²) in [6.07, 6.45) is 3.14. The molecule has 1 amide bonds. The van der Waals surface area contributed by atoms with Crippen molar-refractivity contribution in [2.75, 3.05) is 38.7 Å². The number of ether oxygens (including phenoxy) is 1. The lowest BCUT2D eigenvalue weighted by Gasteiger charge is -2.41. The van der Waals surface area contributed by atoms with Crippen LogP contribution in [0.25, 0.3) is 0 Å². The summed E-state index contributed by atoms with van der Waals surface area (Å²) in [5.41, 5.74) is 4.18. The van der Waals surface area contributed by atoms with Crippen molar-refractivity contribution in [1.82, 2.24) is 19.9 Å². The van der Waals surface area contributed by atoms with Crippen LogP contribution in [0.5, 0.6) is 0 Å². The van der Waals surface area contributed by atoms with Gasteiger partial charge >= 0.3 is 0 Å². The van der Waals surface area contributed by atoms with Crippen molar-refractivity contribution in [2.45, 2.75) is 32.1 Å². The maximum Gasteiger partial charge on any atom is 0.290 e. The highest BCUT2D eigenvalue weighted by molar-refractivity contribution is 7.13. The monoisotopic (exact) mass is 497 g/mol. The maximum atomic E-state index is 13.3. The number of thiazole rings is 1. The number of piperidine rings is 1. The SMILES string of the molecule is COCCNc1nc(C2(c3ccccc3)CCN(C(=O)c3c(C)ncnc3C)CC2)cs1.O=CO. The Morgan fingerprint density at radius 2 is 1.83 bits per heavy atom. The normalized spacial score (nSPS) is 14.5. The molecule has 35 heavy (non-hydrogen) atoms. The van der Waals surface area contributed by atoms with Crippen LogP contribution >= 0.6 is 11.3 Å². The van der Waals surface area contributed by atoms with Crippen molar-refractivity contribution in [1.29, 1.82) is 0 Å². The van der Waals surface area contributed by atoms with Crippen LogP contribution in [0, 0.1) is 13.8 Å². The third-order valence-corrected chi connectivity index (χ3v) is 7.05. The van der Waals surface area contributed by atoms with Gasteiger partial charge in [-0.05, 0) is 32.3 Å². The number of carbonyl (C=O) groups is 2. The van der Waals surface area contributed by atoms with Crippen molar-refractivity contribution in [3.63, 3.8) is 0 Å². The van der Waals surface area contributed by atoms with Gasteiger partial charge in [0.1, 0.15) is 6.33 Å². The molecule has 1 aliphatic rings. The Bertz CT molecular complexity index is 1090. The fourth-order valence-corrected chi connectivity index (χ4v) is 5.27. The van der Waals surface area contributed by atoms with Crippen LogP contribution in [0.15, 0.2) is 42.0 Å². The standard InChI is InChI=1S/C24H29N5O2S.CH2O2/c1-17-21(18(2)27-16-26-17)22(30)29-12-9-24(10-13-29,19-7-5-4-6-8-19)20-15-32-23(28-20)25-11-14-31-3;2-1-3/h4-8,15-16H,9-14H2,1-3H3,(H,25,28);1H,(H,2,3). The first-order valence-corrected chi connectivity index (χ1v) is 12.2. The molecule has 0 aliphatic carbocycles. The molecule has 2 N–H and O–H groups in total. The molecular formula is C25H31N5O4S. The molecule has 2 aromatic heterocycles. The van der Waals surface area contributed by atoms with Crippen molar-refractivity contribution in [2.24, 2.45) is 0 Å². The second kappa shape index (κ2) is 12.4. The first-order chi connectivity index (χ1) is 17.0. The molecule has 0 saturated carbocycles. The summed E-state index contributed by atoms with van der Waals surface area (Å²) in [6, 6.07) is 10.5. The number of hydrogen-bond acceptors (Lipinski definition) is 8. The summed E-state index contributed by atoms with van der Waals surface area (Å²) < 4.78 is 5.13. The number of benzene rings is 1. The number of anilines is 1. The second-order valence-corrected chi connectivity index (χ2v) is 9.08. The maximum absolute atomic E-state index is 13.3. The number of hydrogen-bond donors (Lipinski definition) is 2. The average Bonchev–Trinajstić information content (AvgIpc) is 3.35. The minimum atomic E-state index is -0.250. The lowest BCUT2D eigenvalue weighted by atomic mass is 9.70. The topological polar surface area (TPSA) is 118 Å². The highest BCUT2D eigenvalue weighted by atomic mass is 32.1. The van der Waals surface area contributed by atoms with Crippen molar-refractivity contribution in [3.8, 4) is 0 Å². The summed E-state index contributed by atoms with van der Waals surface area (Å²) in [6.45, 7) is 6.16. The molecule has 10 heteroatoms. The van der Waals surface area contributed by atoms with E-state index in [1.165, 1.54) is 11.9 Å². The van der Waals surface area contributed by atoms with Crippen LogP contribution in [0.2, 0.25) is 0 Å². The van der Waals surface area contributed by atoms with Crippen LogP contribution < -0.4 is 5.32 Å². The molecule has 4 rings (SSSR count). The van der Waals surface area contributed by atoms with Crippen LogP contribution in [-0.2, 0) is 14.9 Å². The van der Waals surface area contributed by atoms with E-state index in [4.69, 9.17) is 19.6 Å². The molecule has 0 spiro atoms. The Balaban J connectivity index is 0.00000108. The molecule has 0 bridgehead atoms. The third-order valence-electron chi connectivity index (χ3n) is 6.25. The van der Waals surface area contributed by atoms with Gasteiger partial charge in [-0.3, -0.25) is 9.59 Å². The first-order valence-electron chi connectivity index (χ1n) is 11.4. The summed E-state index contributed by atoms with van der Waals surface area (Å²) in [7, 11) is 1.69. The van der Waals surface area contributed by atoms with Gasteiger partial charge in [0.25, 0.3) is 12.4 Å². The third kappa shape index (κ3) is 6.01. The predicted octanol–water partition coefficient (Wildman–Crippen LogP) is 3.53. The number of aryl methyl sites for hydroxylation is 2. The minimum Gasteiger partial charge on any atom is -0.483 e.